The van der Waals surface area contributed by atoms with Crippen LogP contribution in [0.25, 0.3) is 0 Å². The van der Waals surface area contributed by atoms with Crippen molar-refractivity contribution < 1.29 is 13.2 Å². The highest BCUT2D eigenvalue weighted by Gasteiger charge is 2.26. The SMILES string of the molecule is NC(=O)S(=O)(=O)C(Cl)Cl. The average Bonchev–Trinajstić information content (AvgIpc) is 1.65. The zero-order chi connectivity index (χ0) is 7.65. The number of hydrogen-bond donors (Lipinski definition) is 1. The molecule has 0 radical (unpaired) electrons. The number of hydrogen-bond acceptors (Lipinski definition) is 3. The number of primary amides is 1. The Hall–Kier alpha value is -0.000000000000000111. The van der Waals surface area contributed by atoms with Crippen molar-refractivity contribution in [3.63, 3.8) is 0 Å². The molecule has 9 heavy (non-hydrogen) atoms. The molecule has 0 aliphatic heterocycles. The van der Waals surface area contributed by atoms with Crippen LogP contribution in [-0.4, -0.2) is 17.8 Å². The summed E-state index contributed by atoms with van der Waals surface area (Å²) in [7, 11) is -4.15. The number of carbonyl (C=O) groups is 1. The predicted octanol–water partition coefficient (Wildman–Crippen LogP) is 0.241. The van der Waals surface area contributed by atoms with E-state index in [9.17, 15) is 13.2 Å². The van der Waals surface area contributed by atoms with E-state index in [4.69, 9.17) is 23.2 Å². The van der Waals surface area contributed by atoms with Gasteiger partial charge in [-0.05, 0) is 0 Å². The molecule has 0 saturated carbocycles. The van der Waals surface area contributed by atoms with E-state index >= 15 is 0 Å². The summed E-state index contributed by atoms with van der Waals surface area (Å²) in [5.41, 5.74) is 4.38. The first-order valence-corrected chi connectivity index (χ1v) is 4.12. The Kier molecular flexibility index (Phi) is 2.72. The van der Waals surface area contributed by atoms with Gasteiger partial charge in [-0.15, -0.1) is 0 Å². The van der Waals surface area contributed by atoms with Crippen LogP contribution in [-0.2, 0) is 9.84 Å². The Morgan fingerprint density at radius 1 is 1.44 bits per heavy atom. The summed E-state index contributed by atoms with van der Waals surface area (Å²) in [4.78, 5) is 9.93. The van der Waals surface area contributed by atoms with E-state index in [-0.39, 0.29) is 0 Å². The van der Waals surface area contributed by atoms with Crippen molar-refractivity contribution in [3.8, 4) is 0 Å². The lowest BCUT2D eigenvalue weighted by atomic mass is 11.5. The third-order valence-electron chi connectivity index (χ3n) is 0.515. The third-order valence-corrected chi connectivity index (χ3v) is 2.95. The van der Waals surface area contributed by atoms with Crippen LogP contribution in [0.2, 0.25) is 0 Å². The summed E-state index contributed by atoms with van der Waals surface area (Å²) in [6.07, 6.45) is 0. The normalized spacial score (nSPS) is 11.9. The largest absolute Gasteiger partial charge is 0.356 e. The molecule has 2 N–H and O–H groups in total. The molecule has 0 unspecified atom stereocenters. The minimum absolute atomic E-state index is 1.52. The summed E-state index contributed by atoms with van der Waals surface area (Å²) >= 11 is 9.68. The average molecular weight is 192 g/mol. The Morgan fingerprint density at radius 3 is 1.78 bits per heavy atom. The van der Waals surface area contributed by atoms with Crippen molar-refractivity contribution in [2.75, 3.05) is 0 Å². The van der Waals surface area contributed by atoms with Crippen LogP contribution in [0.5, 0.6) is 0 Å². The van der Waals surface area contributed by atoms with E-state index in [0.29, 0.717) is 0 Å². The number of carbonyl (C=O) groups excluding carboxylic acids is 1. The molecule has 7 heteroatoms. The van der Waals surface area contributed by atoms with Gasteiger partial charge in [-0.1, -0.05) is 23.2 Å². The molecule has 0 aromatic carbocycles. The van der Waals surface area contributed by atoms with Gasteiger partial charge in [0.1, 0.15) is 0 Å². The zero-order valence-electron chi connectivity index (χ0n) is 4.04. The number of amides is 1. The first-order chi connectivity index (χ1) is 3.89. The van der Waals surface area contributed by atoms with Crippen LogP contribution in [0.1, 0.15) is 0 Å². The molecule has 0 saturated heterocycles. The van der Waals surface area contributed by atoms with Crippen LogP contribution in [0.3, 0.4) is 0 Å². The molecule has 54 valence electrons. The Morgan fingerprint density at radius 2 is 1.78 bits per heavy atom. The summed E-state index contributed by atoms with van der Waals surface area (Å²) in [5.74, 6) is 0. The summed E-state index contributed by atoms with van der Waals surface area (Å²) < 4.78 is 18.8. The van der Waals surface area contributed by atoms with E-state index in [1.165, 1.54) is 0 Å². The molecule has 0 heterocycles. The van der Waals surface area contributed by atoms with Gasteiger partial charge in [0.05, 0.1) is 0 Å². The van der Waals surface area contributed by atoms with Gasteiger partial charge >= 0.3 is 5.24 Å². The second kappa shape index (κ2) is 2.72. The van der Waals surface area contributed by atoms with Crippen molar-refractivity contribution in [2.45, 2.75) is 4.17 Å². The van der Waals surface area contributed by atoms with E-state index < -0.39 is 19.2 Å². The number of halogens is 2. The van der Waals surface area contributed by atoms with Crippen molar-refractivity contribution in [2.24, 2.45) is 5.73 Å². The monoisotopic (exact) mass is 191 g/mol. The summed E-state index contributed by atoms with van der Waals surface area (Å²) in [6.45, 7) is 0. The van der Waals surface area contributed by atoms with Crippen LogP contribution in [0.4, 0.5) is 4.79 Å². The molecule has 0 aromatic heterocycles. The van der Waals surface area contributed by atoms with Crippen molar-refractivity contribution in [1.82, 2.24) is 0 Å². The summed E-state index contributed by atoms with van der Waals surface area (Å²) in [6, 6.07) is 0. The lowest BCUT2D eigenvalue weighted by molar-refractivity contribution is 0.265. The van der Waals surface area contributed by atoms with Gasteiger partial charge in [0, 0.05) is 0 Å². The van der Waals surface area contributed by atoms with Crippen LogP contribution in [0, 0.1) is 0 Å². The predicted molar refractivity (Wildman–Crippen MR) is 34.0 cm³/mol. The van der Waals surface area contributed by atoms with Gasteiger partial charge in [-0.25, -0.2) is 8.42 Å². The first-order valence-electron chi connectivity index (χ1n) is 1.70. The van der Waals surface area contributed by atoms with Gasteiger partial charge < -0.3 is 5.73 Å². The van der Waals surface area contributed by atoms with Crippen LogP contribution >= 0.6 is 23.2 Å². The summed E-state index contributed by atoms with van der Waals surface area (Å²) in [5, 5.41) is -1.52. The molecule has 0 spiro atoms. The Bertz CT molecular complexity index is 208. The van der Waals surface area contributed by atoms with Crippen LogP contribution < -0.4 is 5.73 Å². The number of sulfone groups is 1. The minimum Gasteiger partial charge on any atom is -0.356 e. The molecule has 0 bridgehead atoms. The van der Waals surface area contributed by atoms with Crippen LogP contribution in [0.15, 0.2) is 0 Å². The number of nitrogens with two attached hydrogens (primary N) is 1. The quantitative estimate of drug-likeness (QED) is 0.604. The molecular formula is C2H3Cl2NO3S. The smallest absolute Gasteiger partial charge is 0.336 e. The van der Waals surface area contributed by atoms with Crippen molar-refractivity contribution >= 4 is 38.3 Å². The minimum atomic E-state index is -4.15. The molecule has 0 aromatic rings. The van der Waals surface area contributed by atoms with Crippen molar-refractivity contribution in [3.05, 3.63) is 0 Å². The van der Waals surface area contributed by atoms with Gasteiger partial charge in [0.15, 0.2) is 0 Å². The molecule has 0 aliphatic rings. The molecule has 0 atom stereocenters. The molecule has 0 fully saturated rings. The Labute approximate surface area is 61.8 Å². The lowest BCUT2D eigenvalue weighted by Gasteiger charge is -1.95. The highest BCUT2D eigenvalue weighted by Crippen LogP contribution is 2.11. The zero-order valence-corrected chi connectivity index (χ0v) is 6.37. The fourth-order valence-corrected chi connectivity index (χ4v) is 0.790. The van der Waals surface area contributed by atoms with Gasteiger partial charge in [0.2, 0.25) is 4.17 Å². The standard InChI is InChI=1S/C2H3Cl2NO3S/c3-1(4)9(7,8)2(5)6/h1H,(H2,5,6). The Balaban J connectivity index is 4.63. The third kappa shape index (κ3) is 2.00. The fraction of sp³-hybridized carbons (Fsp3) is 0.500. The van der Waals surface area contributed by atoms with Gasteiger partial charge in [-0.3, -0.25) is 4.79 Å². The highest BCUT2D eigenvalue weighted by atomic mass is 35.5. The molecular weight excluding hydrogens is 189 g/mol. The maximum atomic E-state index is 10.3. The highest BCUT2D eigenvalue weighted by molar-refractivity contribution is 8.08. The maximum Gasteiger partial charge on any atom is 0.336 e. The van der Waals surface area contributed by atoms with E-state index in [2.05, 4.69) is 5.73 Å². The number of rotatable bonds is 1. The molecule has 4 nitrogen and oxygen atoms in total. The van der Waals surface area contributed by atoms with Gasteiger partial charge in [-0.2, -0.15) is 0 Å². The first kappa shape index (κ1) is 9.00. The molecule has 1 amide bonds. The second-order valence-corrected chi connectivity index (χ2v) is 4.70. The van der Waals surface area contributed by atoms with E-state index in [1.807, 2.05) is 0 Å². The maximum absolute atomic E-state index is 10.3. The topological polar surface area (TPSA) is 77.2 Å². The fourth-order valence-electron chi connectivity index (χ4n) is 0.0878. The van der Waals surface area contributed by atoms with Gasteiger partial charge in [0.25, 0.3) is 9.84 Å². The van der Waals surface area contributed by atoms with Crippen molar-refractivity contribution in [1.29, 1.82) is 0 Å². The lowest BCUT2D eigenvalue weighted by Crippen LogP contribution is -2.26. The van der Waals surface area contributed by atoms with E-state index in [0.717, 1.165) is 0 Å². The number of alkyl halides is 2. The molecule has 0 rings (SSSR count). The second-order valence-electron chi connectivity index (χ2n) is 1.12. The molecule has 0 aliphatic carbocycles. The van der Waals surface area contributed by atoms with E-state index in [1.54, 1.807) is 0 Å².